The van der Waals surface area contributed by atoms with Gasteiger partial charge in [0, 0.05) is 23.3 Å². The molecule has 1 N–H and O–H groups in total. The Morgan fingerprint density at radius 3 is 2.46 bits per heavy atom. The lowest BCUT2D eigenvalue weighted by atomic mass is 9.99. The van der Waals surface area contributed by atoms with E-state index in [1.54, 1.807) is 18.2 Å². The normalized spacial score (nSPS) is 14.4. The summed E-state index contributed by atoms with van der Waals surface area (Å²) < 4.78 is 22.2. The minimum Gasteiger partial charge on any atom is -0.504 e. The number of ether oxygens (including phenoxy) is 3. The maximum Gasteiger partial charge on any atom is 0.200 e. The third kappa shape index (κ3) is 2.87. The van der Waals surface area contributed by atoms with Crippen LogP contribution in [0.1, 0.15) is 19.4 Å². The smallest absolute Gasteiger partial charge is 0.200 e. The first-order valence-electron chi connectivity index (χ1n) is 8.76. The van der Waals surface area contributed by atoms with Gasteiger partial charge in [0.05, 0.1) is 25.2 Å². The molecule has 0 bridgehead atoms. The molecule has 0 amide bonds. The first kappa shape index (κ1) is 18.0. The molecule has 2 aromatic carbocycles. The van der Waals surface area contributed by atoms with Crippen molar-refractivity contribution in [3.8, 4) is 34.1 Å². The van der Waals surface area contributed by atoms with E-state index in [0.717, 1.165) is 5.56 Å². The highest BCUT2D eigenvalue weighted by Crippen LogP contribution is 2.39. The largest absolute Gasteiger partial charge is 0.504 e. The molecule has 1 aliphatic rings. The fourth-order valence-corrected chi connectivity index (χ4v) is 3.28. The van der Waals surface area contributed by atoms with Gasteiger partial charge in [0.15, 0.2) is 11.5 Å². The summed E-state index contributed by atoms with van der Waals surface area (Å²) in [4.78, 5) is 13.2. The van der Waals surface area contributed by atoms with Crippen LogP contribution in [0.5, 0.6) is 23.0 Å². The Labute approximate surface area is 161 Å². The third-order valence-electron chi connectivity index (χ3n) is 4.73. The molecule has 2 heterocycles. The van der Waals surface area contributed by atoms with Gasteiger partial charge in [0.25, 0.3) is 0 Å². The van der Waals surface area contributed by atoms with Crippen LogP contribution in [0.3, 0.4) is 0 Å². The van der Waals surface area contributed by atoms with Crippen LogP contribution in [0, 0.1) is 0 Å². The van der Waals surface area contributed by atoms with E-state index in [4.69, 9.17) is 18.6 Å². The van der Waals surface area contributed by atoms with Gasteiger partial charge < -0.3 is 23.7 Å². The van der Waals surface area contributed by atoms with Crippen LogP contribution in [0.2, 0.25) is 0 Å². The zero-order chi connectivity index (χ0) is 20.1. The van der Waals surface area contributed by atoms with Crippen LogP contribution in [0.4, 0.5) is 0 Å². The molecule has 1 aromatic heterocycles. The monoisotopic (exact) mass is 380 g/mol. The summed E-state index contributed by atoms with van der Waals surface area (Å²) in [5.74, 6) is 1.17. The van der Waals surface area contributed by atoms with Crippen LogP contribution in [0.15, 0.2) is 45.8 Å². The third-order valence-corrected chi connectivity index (χ3v) is 4.73. The van der Waals surface area contributed by atoms with Gasteiger partial charge >= 0.3 is 0 Å². The quantitative estimate of drug-likeness (QED) is 0.727. The van der Waals surface area contributed by atoms with Crippen LogP contribution in [0.25, 0.3) is 28.2 Å². The molecule has 144 valence electrons. The lowest BCUT2D eigenvalue weighted by Gasteiger charge is -2.27. The average Bonchev–Trinajstić information content (AvgIpc) is 2.66. The zero-order valence-corrected chi connectivity index (χ0v) is 16.0. The number of hydrogen-bond acceptors (Lipinski definition) is 6. The number of methoxy groups -OCH3 is 2. The summed E-state index contributed by atoms with van der Waals surface area (Å²) in [6.45, 7) is 3.92. The predicted octanol–water partition coefficient (Wildman–Crippen LogP) is 4.37. The van der Waals surface area contributed by atoms with Gasteiger partial charge in [0.2, 0.25) is 5.43 Å². The number of phenolic OH excluding ortho intramolecular Hbond substituents is 1. The van der Waals surface area contributed by atoms with Gasteiger partial charge in [-0.05, 0) is 32.1 Å². The van der Waals surface area contributed by atoms with E-state index in [1.165, 1.54) is 26.5 Å². The highest BCUT2D eigenvalue weighted by atomic mass is 16.5. The summed E-state index contributed by atoms with van der Waals surface area (Å²) in [7, 11) is 2.90. The second-order valence-electron chi connectivity index (χ2n) is 7.13. The summed E-state index contributed by atoms with van der Waals surface area (Å²) in [6.07, 6.45) is 5.27. The number of fused-ring (bicyclic) bond motifs is 2. The molecule has 3 aromatic rings. The van der Waals surface area contributed by atoms with Gasteiger partial charge in [-0.15, -0.1) is 0 Å². The molecule has 0 saturated carbocycles. The molecule has 1 aliphatic heterocycles. The average molecular weight is 380 g/mol. The van der Waals surface area contributed by atoms with Crippen molar-refractivity contribution >= 4 is 17.0 Å². The van der Waals surface area contributed by atoms with Crippen LogP contribution in [-0.4, -0.2) is 24.9 Å². The SMILES string of the molecule is COc1cc(-c2coc3cc4c(cc3c2=O)C=CC(C)(C)O4)c(OC)cc1O. The van der Waals surface area contributed by atoms with Crippen molar-refractivity contribution in [3.05, 3.63) is 52.4 Å². The second kappa shape index (κ2) is 6.34. The van der Waals surface area contributed by atoms with Gasteiger partial charge in [-0.1, -0.05) is 6.08 Å². The van der Waals surface area contributed by atoms with Crippen molar-refractivity contribution in [2.75, 3.05) is 14.2 Å². The molecule has 0 atom stereocenters. The lowest BCUT2D eigenvalue weighted by molar-refractivity contribution is 0.159. The van der Waals surface area contributed by atoms with Crippen molar-refractivity contribution < 1.29 is 23.7 Å². The first-order valence-corrected chi connectivity index (χ1v) is 8.76. The molecule has 0 spiro atoms. The molecule has 0 saturated heterocycles. The predicted molar refractivity (Wildman–Crippen MR) is 106 cm³/mol. The second-order valence-corrected chi connectivity index (χ2v) is 7.13. The molecule has 6 heteroatoms. The summed E-state index contributed by atoms with van der Waals surface area (Å²) >= 11 is 0. The summed E-state index contributed by atoms with van der Waals surface area (Å²) in [5, 5.41) is 10.4. The molecular weight excluding hydrogens is 360 g/mol. The van der Waals surface area contributed by atoms with Gasteiger partial charge in [-0.2, -0.15) is 0 Å². The highest BCUT2D eigenvalue weighted by Gasteiger charge is 2.24. The van der Waals surface area contributed by atoms with E-state index in [-0.39, 0.29) is 16.9 Å². The van der Waals surface area contributed by atoms with Gasteiger partial charge in [0.1, 0.15) is 28.9 Å². The Balaban J connectivity index is 1.94. The summed E-state index contributed by atoms with van der Waals surface area (Å²) in [6, 6.07) is 6.45. The van der Waals surface area contributed by atoms with Crippen LogP contribution < -0.4 is 19.6 Å². The van der Waals surface area contributed by atoms with E-state index in [2.05, 4.69) is 0 Å². The van der Waals surface area contributed by atoms with Crippen molar-refractivity contribution in [1.82, 2.24) is 0 Å². The maximum atomic E-state index is 13.2. The molecular formula is C22H20O6. The Morgan fingerprint density at radius 1 is 1.00 bits per heavy atom. The molecule has 28 heavy (non-hydrogen) atoms. The van der Waals surface area contributed by atoms with Crippen molar-refractivity contribution in [3.63, 3.8) is 0 Å². The fourth-order valence-electron chi connectivity index (χ4n) is 3.28. The van der Waals surface area contributed by atoms with E-state index < -0.39 is 5.60 Å². The maximum absolute atomic E-state index is 13.2. The van der Waals surface area contributed by atoms with E-state index in [9.17, 15) is 9.90 Å². The Bertz CT molecular complexity index is 1170. The molecule has 6 nitrogen and oxygen atoms in total. The van der Waals surface area contributed by atoms with E-state index in [0.29, 0.717) is 33.6 Å². The van der Waals surface area contributed by atoms with Gasteiger partial charge in [-0.25, -0.2) is 0 Å². The Morgan fingerprint density at radius 2 is 1.75 bits per heavy atom. The molecule has 0 radical (unpaired) electrons. The standard InChI is InChI=1S/C22H20O6/c1-22(2)6-5-12-7-14-19(10-17(12)28-22)27-11-15(21(14)24)13-8-20(26-4)16(23)9-18(13)25-3/h5-11,23H,1-4H3. The van der Waals surface area contributed by atoms with Crippen LogP contribution >= 0.6 is 0 Å². The van der Waals surface area contributed by atoms with E-state index >= 15 is 0 Å². The van der Waals surface area contributed by atoms with Crippen molar-refractivity contribution in [2.24, 2.45) is 0 Å². The number of hydrogen-bond donors (Lipinski definition) is 1. The molecule has 4 rings (SSSR count). The minimum absolute atomic E-state index is 0.0766. The topological polar surface area (TPSA) is 78.1 Å². The van der Waals surface area contributed by atoms with Crippen molar-refractivity contribution in [1.29, 1.82) is 0 Å². The van der Waals surface area contributed by atoms with Gasteiger partial charge in [-0.3, -0.25) is 4.79 Å². The molecule has 0 unspecified atom stereocenters. The summed E-state index contributed by atoms with van der Waals surface area (Å²) in [5.41, 5.74) is 1.39. The lowest BCUT2D eigenvalue weighted by Crippen LogP contribution is -2.27. The number of rotatable bonds is 3. The zero-order valence-electron chi connectivity index (χ0n) is 16.0. The number of benzene rings is 2. The highest BCUT2D eigenvalue weighted by molar-refractivity contribution is 5.87. The Kier molecular flexibility index (Phi) is 4.07. The minimum atomic E-state index is -0.420. The number of aromatic hydroxyl groups is 1. The molecule has 0 fully saturated rings. The van der Waals surface area contributed by atoms with Crippen molar-refractivity contribution in [2.45, 2.75) is 19.4 Å². The Hall–Kier alpha value is -3.41. The van der Waals surface area contributed by atoms with E-state index in [1.807, 2.05) is 26.0 Å². The number of phenols is 1. The first-order chi connectivity index (χ1) is 13.3. The molecule has 0 aliphatic carbocycles. The fraction of sp³-hybridized carbons (Fsp3) is 0.227. The van der Waals surface area contributed by atoms with Crippen LogP contribution in [-0.2, 0) is 0 Å².